The second-order valence-corrected chi connectivity index (χ2v) is 5.73. The fraction of sp³-hybridized carbons (Fsp3) is 0.667. The van der Waals surface area contributed by atoms with Gasteiger partial charge in [-0.05, 0) is 38.2 Å². The van der Waals surface area contributed by atoms with Gasteiger partial charge in [-0.15, -0.1) is 0 Å². The number of ether oxygens (including phenoxy) is 1. The van der Waals surface area contributed by atoms with E-state index >= 15 is 0 Å². The first-order valence-electron chi connectivity index (χ1n) is 6.48. The molecule has 1 aliphatic heterocycles. The lowest BCUT2D eigenvalue weighted by atomic mass is 10.1. The molecule has 0 bridgehead atoms. The average molecular weight is 284 g/mol. The summed E-state index contributed by atoms with van der Waals surface area (Å²) in [6.45, 7) is 5.29. The van der Waals surface area contributed by atoms with Gasteiger partial charge in [0.15, 0.2) is 5.82 Å². The van der Waals surface area contributed by atoms with Gasteiger partial charge in [0, 0.05) is 12.6 Å². The summed E-state index contributed by atoms with van der Waals surface area (Å²) in [5, 5.41) is 6.88. The van der Waals surface area contributed by atoms with E-state index in [2.05, 4.69) is 15.0 Å². The van der Waals surface area contributed by atoms with Crippen molar-refractivity contribution in [3.63, 3.8) is 0 Å². The van der Waals surface area contributed by atoms with E-state index in [1.165, 1.54) is 11.5 Å². The quantitative estimate of drug-likeness (QED) is 0.779. The van der Waals surface area contributed by atoms with Crippen molar-refractivity contribution < 1.29 is 9.53 Å². The number of rotatable bonds is 4. The number of carbonyl (C=O) groups excluding carboxylic acids is 1. The van der Waals surface area contributed by atoms with Crippen molar-refractivity contribution in [3.05, 3.63) is 5.56 Å². The Morgan fingerprint density at radius 3 is 3.00 bits per heavy atom. The molecule has 1 unspecified atom stereocenters. The summed E-state index contributed by atoms with van der Waals surface area (Å²) in [7, 11) is 0. The smallest absolute Gasteiger partial charge is 0.258 e. The van der Waals surface area contributed by atoms with Crippen LogP contribution in [0.5, 0.6) is 0 Å². The van der Waals surface area contributed by atoms with Crippen molar-refractivity contribution in [2.75, 3.05) is 24.3 Å². The highest BCUT2D eigenvalue weighted by Crippen LogP contribution is 2.28. The minimum absolute atomic E-state index is 0.0673. The molecule has 1 saturated heterocycles. The molecule has 19 heavy (non-hydrogen) atoms. The lowest BCUT2D eigenvalue weighted by Gasteiger charge is -2.23. The van der Waals surface area contributed by atoms with E-state index in [-0.39, 0.29) is 23.8 Å². The molecule has 2 heterocycles. The van der Waals surface area contributed by atoms with Gasteiger partial charge in [-0.2, -0.15) is 4.37 Å². The molecule has 0 radical (unpaired) electrons. The molecule has 0 spiro atoms. The first kappa shape index (κ1) is 14.1. The van der Waals surface area contributed by atoms with Crippen LogP contribution in [0.1, 0.15) is 37.0 Å². The zero-order chi connectivity index (χ0) is 13.8. The SMILES string of the molecule is CC(C)NC(=O)c1c(N)nsc1NC1CCCOC1. The predicted octanol–water partition coefficient (Wildman–Crippen LogP) is 1.45. The second-order valence-electron chi connectivity index (χ2n) is 4.96. The van der Waals surface area contributed by atoms with Crippen LogP contribution in [0.15, 0.2) is 0 Å². The van der Waals surface area contributed by atoms with Crippen molar-refractivity contribution in [1.29, 1.82) is 0 Å². The molecule has 1 fully saturated rings. The number of amides is 1. The Balaban J connectivity index is 2.10. The van der Waals surface area contributed by atoms with E-state index in [1.54, 1.807) is 0 Å². The fourth-order valence-electron chi connectivity index (χ4n) is 1.99. The highest BCUT2D eigenvalue weighted by atomic mass is 32.1. The lowest BCUT2D eigenvalue weighted by Crippen LogP contribution is -2.33. The number of hydrogen-bond donors (Lipinski definition) is 3. The zero-order valence-corrected chi connectivity index (χ0v) is 12.0. The predicted molar refractivity (Wildman–Crippen MR) is 76.6 cm³/mol. The van der Waals surface area contributed by atoms with Gasteiger partial charge in [-0.1, -0.05) is 0 Å². The third kappa shape index (κ3) is 3.57. The van der Waals surface area contributed by atoms with E-state index < -0.39 is 0 Å². The van der Waals surface area contributed by atoms with Crippen LogP contribution in [0.4, 0.5) is 10.8 Å². The fourth-order valence-corrected chi connectivity index (χ4v) is 2.78. The Kier molecular flexibility index (Phi) is 4.60. The summed E-state index contributed by atoms with van der Waals surface area (Å²) in [5.74, 6) is 0.0999. The van der Waals surface area contributed by atoms with Crippen LogP contribution in [0.25, 0.3) is 0 Å². The van der Waals surface area contributed by atoms with Crippen molar-refractivity contribution in [3.8, 4) is 0 Å². The van der Waals surface area contributed by atoms with Crippen LogP contribution in [0.2, 0.25) is 0 Å². The third-order valence-electron chi connectivity index (χ3n) is 2.86. The Morgan fingerprint density at radius 1 is 1.58 bits per heavy atom. The van der Waals surface area contributed by atoms with Crippen LogP contribution >= 0.6 is 11.5 Å². The molecule has 1 aromatic rings. The molecule has 1 atom stereocenters. The van der Waals surface area contributed by atoms with Crippen molar-refractivity contribution in [1.82, 2.24) is 9.69 Å². The molecule has 2 rings (SSSR count). The molecule has 106 valence electrons. The number of hydrogen-bond acceptors (Lipinski definition) is 6. The summed E-state index contributed by atoms with van der Waals surface area (Å²) in [5.41, 5.74) is 6.24. The molecule has 1 amide bonds. The van der Waals surface area contributed by atoms with Crippen LogP contribution in [0.3, 0.4) is 0 Å². The Bertz CT molecular complexity index is 441. The maximum absolute atomic E-state index is 12.1. The van der Waals surface area contributed by atoms with Gasteiger partial charge >= 0.3 is 0 Å². The molecular weight excluding hydrogens is 264 g/mol. The first-order chi connectivity index (χ1) is 9.08. The van der Waals surface area contributed by atoms with Crippen molar-refractivity contribution in [2.24, 2.45) is 0 Å². The molecule has 1 aliphatic rings. The topological polar surface area (TPSA) is 89.3 Å². The van der Waals surface area contributed by atoms with E-state index in [9.17, 15) is 4.79 Å². The summed E-state index contributed by atoms with van der Waals surface area (Å²) in [6.07, 6.45) is 2.06. The molecule has 0 aliphatic carbocycles. The van der Waals surface area contributed by atoms with Gasteiger partial charge in [0.1, 0.15) is 10.6 Å². The summed E-state index contributed by atoms with van der Waals surface area (Å²) in [4.78, 5) is 12.1. The lowest BCUT2D eigenvalue weighted by molar-refractivity contribution is 0.0874. The molecular formula is C12H20N4O2S. The Morgan fingerprint density at radius 2 is 2.37 bits per heavy atom. The summed E-state index contributed by atoms with van der Waals surface area (Å²) in [6, 6.07) is 0.289. The molecule has 1 aromatic heterocycles. The van der Waals surface area contributed by atoms with Crippen LogP contribution in [0, 0.1) is 0 Å². The maximum atomic E-state index is 12.1. The number of anilines is 2. The third-order valence-corrected chi connectivity index (χ3v) is 3.65. The normalized spacial score (nSPS) is 19.4. The van der Waals surface area contributed by atoms with E-state index in [0.29, 0.717) is 12.2 Å². The van der Waals surface area contributed by atoms with Gasteiger partial charge in [-0.25, -0.2) is 0 Å². The van der Waals surface area contributed by atoms with Gasteiger partial charge < -0.3 is 21.1 Å². The Hall–Kier alpha value is -1.34. The molecule has 4 N–H and O–H groups in total. The van der Waals surface area contributed by atoms with Crippen LogP contribution in [-0.2, 0) is 4.74 Å². The Labute approximate surface area is 116 Å². The second kappa shape index (κ2) is 6.21. The average Bonchev–Trinajstić information content (AvgIpc) is 2.71. The molecule has 0 saturated carbocycles. The van der Waals surface area contributed by atoms with Crippen molar-refractivity contribution in [2.45, 2.75) is 38.8 Å². The molecule has 0 aromatic carbocycles. The monoisotopic (exact) mass is 284 g/mol. The number of nitrogens with two attached hydrogens (primary N) is 1. The van der Waals surface area contributed by atoms with E-state index in [4.69, 9.17) is 10.5 Å². The zero-order valence-electron chi connectivity index (χ0n) is 11.2. The number of nitrogen functional groups attached to an aromatic ring is 1. The molecule has 6 nitrogen and oxygen atoms in total. The van der Waals surface area contributed by atoms with Gasteiger partial charge in [0.2, 0.25) is 0 Å². The van der Waals surface area contributed by atoms with Gasteiger partial charge in [0.25, 0.3) is 5.91 Å². The summed E-state index contributed by atoms with van der Waals surface area (Å²) < 4.78 is 9.48. The number of aromatic nitrogens is 1. The first-order valence-corrected chi connectivity index (χ1v) is 7.25. The van der Waals surface area contributed by atoms with E-state index in [1.807, 2.05) is 13.8 Å². The highest BCUT2D eigenvalue weighted by Gasteiger charge is 2.23. The minimum Gasteiger partial charge on any atom is -0.382 e. The van der Waals surface area contributed by atoms with Gasteiger partial charge in [0.05, 0.1) is 12.6 Å². The highest BCUT2D eigenvalue weighted by molar-refractivity contribution is 7.11. The number of nitrogens with zero attached hydrogens (tertiary/aromatic N) is 1. The maximum Gasteiger partial charge on any atom is 0.258 e. The number of carbonyl (C=O) groups is 1. The molecule has 7 heteroatoms. The standard InChI is InChI=1S/C12H20N4O2S/c1-7(2)14-11(17)9-10(13)16-19-12(9)15-8-4-3-5-18-6-8/h7-8,15H,3-6H2,1-2H3,(H2,13,16)(H,14,17). The van der Waals surface area contributed by atoms with Crippen LogP contribution in [-0.4, -0.2) is 35.6 Å². The largest absolute Gasteiger partial charge is 0.382 e. The van der Waals surface area contributed by atoms with Crippen molar-refractivity contribution >= 4 is 28.3 Å². The van der Waals surface area contributed by atoms with Gasteiger partial charge in [-0.3, -0.25) is 4.79 Å². The summed E-state index contributed by atoms with van der Waals surface area (Å²) >= 11 is 1.22. The minimum atomic E-state index is -0.180. The van der Waals surface area contributed by atoms with Crippen LogP contribution < -0.4 is 16.4 Å². The number of nitrogens with one attached hydrogen (secondary N) is 2. The van der Waals surface area contributed by atoms with E-state index in [0.717, 1.165) is 24.4 Å².